The second kappa shape index (κ2) is 9.36. The number of para-hydroxylation sites is 1. The molecule has 0 fully saturated rings. The Labute approximate surface area is 182 Å². The lowest BCUT2D eigenvalue weighted by molar-refractivity contribution is -0.121. The van der Waals surface area contributed by atoms with Crippen LogP contribution in [0.5, 0.6) is 5.75 Å². The Balaban J connectivity index is 1.52. The highest BCUT2D eigenvalue weighted by Gasteiger charge is 2.14. The summed E-state index contributed by atoms with van der Waals surface area (Å²) in [4.78, 5) is 30.4. The predicted octanol–water partition coefficient (Wildman–Crippen LogP) is 3.67. The van der Waals surface area contributed by atoms with Crippen molar-refractivity contribution in [3.8, 4) is 16.9 Å². The monoisotopic (exact) mass is 432 g/mol. The summed E-state index contributed by atoms with van der Waals surface area (Å²) in [5.74, 6) is 0.254. The number of hydrazone groups is 1. The largest absolute Gasteiger partial charge is 0.493 e. The van der Waals surface area contributed by atoms with Crippen LogP contribution in [0.4, 0.5) is 0 Å². The Bertz CT molecular complexity index is 1300. The quantitative estimate of drug-likeness (QED) is 0.357. The van der Waals surface area contributed by atoms with Crippen LogP contribution >= 0.6 is 11.3 Å². The van der Waals surface area contributed by atoms with Crippen LogP contribution in [0, 0.1) is 0 Å². The van der Waals surface area contributed by atoms with Crippen molar-refractivity contribution < 1.29 is 9.53 Å². The first-order valence-corrected chi connectivity index (χ1v) is 10.6. The highest BCUT2D eigenvalue weighted by Crippen LogP contribution is 2.30. The standard InChI is InChI=1S/C23H20N4O3S/c1-2-30-19-11-7-6-10-17(19)12-25-26-20(28)13-27-15-24-22-21(23(27)29)18(14-31-22)16-8-4-3-5-9-16/h3-12,14-15H,2,13H2,1H3,(H,26,28)/b25-12+. The summed E-state index contributed by atoms with van der Waals surface area (Å²) < 4.78 is 6.82. The van der Waals surface area contributed by atoms with E-state index in [1.54, 1.807) is 0 Å². The molecule has 0 saturated carbocycles. The Morgan fingerprint density at radius 2 is 1.97 bits per heavy atom. The number of rotatable bonds is 7. The number of ether oxygens (including phenoxy) is 1. The molecule has 0 aliphatic heterocycles. The van der Waals surface area contributed by atoms with Gasteiger partial charge in [-0.1, -0.05) is 42.5 Å². The van der Waals surface area contributed by atoms with E-state index < -0.39 is 5.91 Å². The van der Waals surface area contributed by atoms with Gasteiger partial charge in [0.2, 0.25) is 0 Å². The van der Waals surface area contributed by atoms with Crippen LogP contribution in [0.1, 0.15) is 12.5 Å². The van der Waals surface area contributed by atoms with E-state index in [9.17, 15) is 9.59 Å². The number of benzene rings is 2. The summed E-state index contributed by atoms with van der Waals surface area (Å²) >= 11 is 1.41. The van der Waals surface area contributed by atoms with Gasteiger partial charge in [0, 0.05) is 16.5 Å². The zero-order chi connectivity index (χ0) is 21.6. The minimum absolute atomic E-state index is 0.184. The van der Waals surface area contributed by atoms with Crippen molar-refractivity contribution in [3.63, 3.8) is 0 Å². The number of carbonyl (C=O) groups is 1. The van der Waals surface area contributed by atoms with E-state index in [0.29, 0.717) is 22.6 Å². The third-order valence-corrected chi connectivity index (χ3v) is 5.46. The first kappa shape index (κ1) is 20.5. The Kier molecular flexibility index (Phi) is 6.18. The van der Waals surface area contributed by atoms with E-state index in [2.05, 4.69) is 15.5 Å². The number of amides is 1. The van der Waals surface area contributed by atoms with Crippen molar-refractivity contribution in [3.05, 3.63) is 82.2 Å². The molecule has 2 heterocycles. The van der Waals surface area contributed by atoms with Gasteiger partial charge in [-0.25, -0.2) is 10.4 Å². The third kappa shape index (κ3) is 4.54. The maximum Gasteiger partial charge on any atom is 0.263 e. The van der Waals surface area contributed by atoms with Crippen molar-refractivity contribution in [1.29, 1.82) is 0 Å². The Morgan fingerprint density at radius 3 is 2.77 bits per heavy atom. The molecule has 4 aromatic rings. The molecule has 7 nitrogen and oxygen atoms in total. The fourth-order valence-electron chi connectivity index (χ4n) is 3.15. The molecule has 31 heavy (non-hydrogen) atoms. The number of hydrogen-bond donors (Lipinski definition) is 1. The predicted molar refractivity (Wildman–Crippen MR) is 123 cm³/mol. The number of nitrogens with zero attached hydrogens (tertiary/aromatic N) is 3. The zero-order valence-corrected chi connectivity index (χ0v) is 17.6. The Hall–Kier alpha value is -3.78. The van der Waals surface area contributed by atoms with E-state index in [-0.39, 0.29) is 12.1 Å². The molecule has 0 aliphatic rings. The topological polar surface area (TPSA) is 85.6 Å². The maximum atomic E-state index is 13.0. The molecule has 0 spiro atoms. The molecule has 8 heteroatoms. The molecule has 2 aromatic heterocycles. The van der Waals surface area contributed by atoms with Crippen molar-refractivity contribution >= 4 is 33.7 Å². The second-order valence-electron chi connectivity index (χ2n) is 6.64. The average Bonchev–Trinajstić information content (AvgIpc) is 3.23. The number of thiophene rings is 1. The number of fused-ring (bicyclic) bond motifs is 1. The lowest BCUT2D eigenvalue weighted by Gasteiger charge is -2.07. The number of aromatic nitrogens is 2. The molecule has 1 N–H and O–H groups in total. The summed E-state index contributed by atoms with van der Waals surface area (Å²) in [5.41, 5.74) is 4.70. The van der Waals surface area contributed by atoms with Crippen LogP contribution in [-0.2, 0) is 11.3 Å². The summed E-state index contributed by atoms with van der Waals surface area (Å²) in [7, 11) is 0. The van der Waals surface area contributed by atoms with Gasteiger partial charge in [0.25, 0.3) is 11.5 Å². The van der Waals surface area contributed by atoms with Crippen molar-refractivity contribution in [1.82, 2.24) is 15.0 Å². The molecule has 0 bridgehead atoms. The normalized spacial score (nSPS) is 11.1. The van der Waals surface area contributed by atoms with E-state index in [1.165, 1.54) is 28.4 Å². The summed E-state index contributed by atoms with van der Waals surface area (Å²) in [6.07, 6.45) is 2.91. The van der Waals surface area contributed by atoms with E-state index in [0.717, 1.165) is 16.7 Å². The van der Waals surface area contributed by atoms with Crippen LogP contribution in [0.25, 0.3) is 21.3 Å². The molecule has 2 aromatic carbocycles. The first-order chi connectivity index (χ1) is 15.2. The van der Waals surface area contributed by atoms with E-state index >= 15 is 0 Å². The van der Waals surface area contributed by atoms with Crippen LogP contribution < -0.4 is 15.7 Å². The smallest absolute Gasteiger partial charge is 0.263 e. The molecule has 0 radical (unpaired) electrons. The lowest BCUT2D eigenvalue weighted by Crippen LogP contribution is -2.30. The molecule has 1 amide bonds. The van der Waals surface area contributed by atoms with Crippen LogP contribution in [0.3, 0.4) is 0 Å². The van der Waals surface area contributed by atoms with Gasteiger partial charge in [0.1, 0.15) is 17.1 Å². The minimum Gasteiger partial charge on any atom is -0.493 e. The third-order valence-electron chi connectivity index (χ3n) is 4.57. The van der Waals surface area contributed by atoms with Gasteiger partial charge in [-0.15, -0.1) is 11.3 Å². The van der Waals surface area contributed by atoms with Gasteiger partial charge in [-0.3, -0.25) is 14.2 Å². The molecular formula is C23H20N4O3S. The van der Waals surface area contributed by atoms with Crippen molar-refractivity contribution in [2.75, 3.05) is 6.61 Å². The summed E-state index contributed by atoms with van der Waals surface area (Å²) in [5, 5.41) is 6.42. The highest BCUT2D eigenvalue weighted by molar-refractivity contribution is 7.17. The summed E-state index contributed by atoms with van der Waals surface area (Å²) in [6, 6.07) is 17.0. The van der Waals surface area contributed by atoms with Crippen LogP contribution in [0.15, 0.2) is 76.2 Å². The second-order valence-corrected chi connectivity index (χ2v) is 7.50. The average molecular weight is 433 g/mol. The molecule has 0 aliphatic carbocycles. The molecule has 156 valence electrons. The SMILES string of the molecule is CCOc1ccccc1/C=N/NC(=O)Cn1cnc2scc(-c3ccccc3)c2c1=O. The lowest BCUT2D eigenvalue weighted by atomic mass is 10.1. The van der Waals surface area contributed by atoms with E-state index in [4.69, 9.17) is 4.74 Å². The summed E-state index contributed by atoms with van der Waals surface area (Å²) in [6.45, 7) is 2.24. The highest BCUT2D eigenvalue weighted by atomic mass is 32.1. The van der Waals surface area contributed by atoms with Gasteiger partial charge < -0.3 is 4.74 Å². The van der Waals surface area contributed by atoms with Crippen LogP contribution in [-0.4, -0.2) is 28.3 Å². The van der Waals surface area contributed by atoms with Crippen LogP contribution in [0.2, 0.25) is 0 Å². The zero-order valence-electron chi connectivity index (χ0n) is 16.8. The first-order valence-electron chi connectivity index (χ1n) is 9.73. The molecular weight excluding hydrogens is 412 g/mol. The number of carbonyl (C=O) groups excluding carboxylic acids is 1. The number of hydrogen-bond acceptors (Lipinski definition) is 6. The molecule has 0 saturated heterocycles. The fraction of sp³-hybridized carbons (Fsp3) is 0.130. The molecule has 0 atom stereocenters. The molecule has 4 rings (SSSR count). The minimum atomic E-state index is -0.426. The Morgan fingerprint density at radius 1 is 1.19 bits per heavy atom. The van der Waals surface area contributed by atoms with Gasteiger partial charge in [-0.2, -0.15) is 5.10 Å². The number of nitrogens with one attached hydrogen (secondary N) is 1. The fourth-order valence-corrected chi connectivity index (χ4v) is 4.05. The van der Waals surface area contributed by atoms with Gasteiger partial charge in [0.15, 0.2) is 0 Å². The van der Waals surface area contributed by atoms with Gasteiger partial charge in [-0.05, 0) is 24.6 Å². The van der Waals surface area contributed by atoms with Gasteiger partial charge >= 0.3 is 0 Å². The maximum absolute atomic E-state index is 13.0. The van der Waals surface area contributed by atoms with E-state index in [1.807, 2.05) is 66.9 Å². The van der Waals surface area contributed by atoms with Crippen molar-refractivity contribution in [2.24, 2.45) is 5.10 Å². The molecule has 0 unspecified atom stereocenters. The van der Waals surface area contributed by atoms with Gasteiger partial charge in [0.05, 0.1) is 24.5 Å². The van der Waals surface area contributed by atoms with Crippen molar-refractivity contribution in [2.45, 2.75) is 13.5 Å².